The third-order valence-corrected chi connectivity index (χ3v) is 5.58. The summed E-state index contributed by atoms with van der Waals surface area (Å²) in [5.41, 5.74) is 10.5. The van der Waals surface area contributed by atoms with E-state index in [1.165, 1.54) is 12.1 Å². The lowest BCUT2D eigenvalue weighted by Crippen LogP contribution is -2.26. The zero-order valence-corrected chi connectivity index (χ0v) is 17.5. The monoisotopic (exact) mass is 431 g/mol. The number of anilines is 1. The van der Waals surface area contributed by atoms with Crippen molar-refractivity contribution in [2.45, 2.75) is 26.4 Å². The lowest BCUT2D eigenvalue weighted by Gasteiger charge is -2.21. The standard InChI is InChI=1S/C23H22FN7O/c1-13-19(31-9-3-6-16(20(25)32)23(31)28-13)22-29-18-7-8-26-12-17(18)21(30-22)27-11-14-4-2-5-15(24)10-14/h2-6,9-10,26H,7-8,11-12H2,1H3,(H2,25,32)(H,27,29,30). The number of hydrogen-bond donors (Lipinski definition) is 3. The van der Waals surface area contributed by atoms with Crippen LogP contribution in [0, 0.1) is 12.7 Å². The third-order valence-electron chi connectivity index (χ3n) is 5.58. The maximum absolute atomic E-state index is 13.6. The molecule has 0 saturated carbocycles. The Kier molecular flexibility index (Phi) is 5.02. The molecule has 0 unspecified atom stereocenters. The average molecular weight is 431 g/mol. The van der Waals surface area contributed by atoms with Crippen LogP contribution < -0.4 is 16.4 Å². The summed E-state index contributed by atoms with van der Waals surface area (Å²) < 4.78 is 15.4. The number of nitrogens with two attached hydrogens (primary N) is 1. The van der Waals surface area contributed by atoms with E-state index < -0.39 is 5.91 Å². The average Bonchev–Trinajstić information content (AvgIpc) is 3.13. The summed E-state index contributed by atoms with van der Waals surface area (Å²) in [5.74, 6) is 0.394. The second kappa shape index (κ2) is 8.01. The molecule has 1 aliphatic heterocycles. The number of nitrogens with one attached hydrogen (secondary N) is 2. The topological polar surface area (TPSA) is 110 Å². The van der Waals surface area contributed by atoms with Crippen LogP contribution in [0.3, 0.4) is 0 Å². The maximum atomic E-state index is 13.6. The first-order valence-electron chi connectivity index (χ1n) is 10.4. The molecular formula is C23H22FN7O. The van der Waals surface area contributed by atoms with Crippen LogP contribution in [0.25, 0.3) is 17.2 Å². The Morgan fingerprint density at radius 2 is 2.12 bits per heavy atom. The summed E-state index contributed by atoms with van der Waals surface area (Å²) in [7, 11) is 0. The number of nitrogens with zero attached hydrogens (tertiary/aromatic N) is 4. The number of amides is 1. The van der Waals surface area contributed by atoms with Crippen molar-refractivity contribution in [2.75, 3.05) is 11.9 Å². The van der Waals surface area contributed by atoms with Crippen molar-refractivity contribution in [1.82, 2.24) is 24.7 Å². The van der Waals surface area contributed by atoms with Crippen LogP contribution >= 0.6 is 0 Å². The number of hydrogen-bond acceptors (Lipinski definition) is 6. The summed E-state index contributed by atoms with van der Waals surface area (Å²) in [6, 6.07) is 9.88. The van der Waals surface area contributed by atoms with Crippen molar-refractivity contribution >= 4 is 17.4 Å². The van der Waals surface area contributed by atoms with Crippen LogP contribution in [0.15, 0.2) is 42.6 Å². The molecule has 0 aliphatic carbocycles. The Labute approximate surface area is 183 Å². The van der Waals surface area contributed by atoms with E-state index in [4.69, 9.17) is 15.7 Å². The van der Waals surface area contributed by atoms with E-state index in [1.54, 1.807) is 22.6 Å². The molecule has 0 bridgehead atoms. The molecule has 4 aromatic rings. The lowest BCUT2D eigenvalue weighted by atomic mass is 10.1. The molecule has 8 nitrogen and oxygen atoms in total. The molecule has 1 aliphatic rings. The second-order valence-corrected chi connectivity index (χ2v) is 7.76. The second-order valence-electron chi connectivity index (χ2n) is 7.76. The molecule has 1 amide bonds. The zero-order chi connectivity index (χ0) is 22.2. The van der Waals surface area contributed by atoms with Crippen molar-refractivity contribution in [3.8, 4) is 11.5 Å². The fourth-order valence-corrected chi connectivity index (χ4v) is 4.07. The van der Waals surface area contributed by atoms with Crippen LogP contribution in [0.1, 0.15) is 32.9 Å². The SMILES string of the molecule is Cc1nc2c(C(N)=O)cccn2c1-c1nc2c(c(NCc3cccc(F)c3)n1)CNCC2. The van der Waals surface area contributed by atoms with Crippen molar-refractivity contribution < 1.29 is 9.18 Å². The number of fused-ring (bicyclic) bond motifs is 2. The van der Waals surface area contributed by atoms with E-state index in [1.807, 2.05) is 19.2 Å². The molecule has 3 aromatic heterocycles. The van der Waals surface area contributed by atoms with Gasteiger partial charge in [0.2, 0.25) is 0 Å². The molecule has 4 heterocycles. The molecule has 0 fully saturated rings. The van der Waals surface area contributed by atoms with Gasteiger partial charge in [-0.25, -0.2) is 19.3 Å². The van der Waals surface area contributed by atoms with Crippen LogP contribution in [-0.4, -0.2) is 31.8 Å². The van der Waals surface area contributed by atoms with Gasteiger partial charge in [-0.1, -0.05) is 12.1 Å². The van der Waals surface area contributed by atoms with Gasteiger partial charge >= 0.3 is 0 Å². The molecule has 0 atom stereocenters. The molecule has 5 rings (SSSR count). The molecule has 162 valence electrons. The minimum atomic E-state index is -0.540. The number of carbonyl (C=O) groups is 1. The summed E-state index contributed by atoms with van der Waals surface area (Å²) in [6.07, 6.45) is 2.59. The molecular weight excluding hydrogens is 409 g/mol. The van der Waals surface area contributed by atoms with Crippen LogP contribution in [0.4, 0.5) is 10.2 Å². The summed E-state index contributed by atoms with van der Waals surface area (Å²) in [4.78, 5) is 26.1. The van der Waals surface area contributed by atoms with Gasteiger partial charge in [0.15, 0.2) is 5.82 Å². The summed E-state index contributed by atoms with van der Waals surface area (Å²) >= 11 is 0. The Morgan fingerprint density at radius 1 is 1.25 bits per heavy atom. The highest BCUT2D eigenvalue weighted by molar-refractivity contribution is 5.99. The van der Waals surface area contributed by atoms with Crippen molar-refractivity contribution in [3.05, 3.63) is 76.5 Å². The third kappa shape index (κ3) is 3.56. The molecule has 9 heteroatoms. The van der Waals surface area contributed by atoms with E-state index in [9.17, 15) is 9.18 Å². The molecule has 32 heavy (non-hydrogen) atoms. The van der Waals surface area contributed by atoms with E-state index in [0.29, 0.717) is 47.3 Å². The highest BCUT2D eigenvalue weighted by Gasteiger charge is 2.22. The van der Waals surface area contributed by atoms with Crippen LogP contribution in [-0.2, 0) is 19.5 Å². The van der Waals surface area contributed by atoms with Gasteiger partial charge in [-0.15, -0.1) is 0 Å². The van der Waals surface area contributed by atoms with Gasteiger partial charge < -0.3 is 16.4 Å². The van der Waals surface area contributed by atoms with E-state index >= 15 is 0 Å². The maximum Gasteiger partial charge on any atom is 0.252 e. The number of primary amides is 1. The normalized spacial score (nSPS) is 13.2. The fraction of sp³-hybridized carbons (Fsp3) is 0.217. The van der Waals surface area contributed by atoms with Gasteiger partial charge in [0, 0.05) is 37.8 Å². The highest BCUT2D eigenvalue weighted by atomic mass is 19.1. The van der Waals surface area contributed by atoms with Gasteiger partial charge in [-0.05, 0) is 36.8 Å². The zero-order valence-electron chi connectivity index (χ0n) is 17.5. The summed E-state index contributed by atoms with van der Waals surface area (Å²) in [5, 5.41) is 6.71. The van der Waals surface area contributed by atoms with E-state index in [0.717, 1.165) is 29.8 Å². The first kappa shape index (κ1) is 20.1. The van der Waals surface area contributed by atoms with Crippen LogP contribution in [0.2, 0.25) is 0 Å². The minimum absolute atomic E-state index is 0.275. The number of imidazole rings is 1. The largest absolute Gasteiger partial charge is 0.366 e. The number of rotatable bonds is 5. The quantitative estimate of drug-likeness (QED) is 0.448. The van der Waals surface area contributed by atoms with Gasteiger partial charge in [0.1, 0.15) is 23.0 Å². The van der Waals surface area contributed by atoms with Crippen LogP contribution in [0.5, 0.6) is 0 Å². The van der Waals surface area contributed by atoms with Crippen molar-refractivity contribution in [3.63, 3.8) is 0 Å². The van der Waals surface area contributed by atoms with Crippen molar-refractivity contribution in [2.24, 2.45) is 5.73 Å². The predicted octanol–water partition coefficient (Wildman–Crippen LogP) is 2.60. The number of aryl methyl sites for hydroxylation is 1. The van der Waals surface area contributed by atoms with E-state index in [2.05, 4.69) is 15.6 Å². The number of benzene rings is 1. The Hall–Kier alpha value is -3.85. The molecule has 0 radical (unpaired) electrons. The molecule has 0 saturated heterocycles. The first-order chi connectivity index (χ1) is 15.5. The number of pyridine rings is 1. The predicted molar refractivity (Wildman–Crippen MR) is 119 cm³/mol. The highest BCUT2D eigenvalue weighted by Crippen LogP contribution is 2.28. The Bertz CT molecular complexity index is 1350. The number of aromatic nitrogens is 4. The Balaban J connectivity index is 1.61. The first-order valence-corrected chi connectivity index (χ1v) is 10.4. The van der Waals surface area contributed by atoms with E-state index in [-0.39, 0.29) is 5.82 Å². The Morgan fingerprint density at radius 3 is 2.94 bits per heavy atom. The smallest absolute Gasteiger partial charge is 0.252 e. The van der Waals surface area contributed by atoms with Crippen molar-refractivity contribution in [1.29, 1.82) is 0 Å². The minimum Gasteiger partial charge on any atom is -0.366 e. The molecule has 1 aromatic carbocycles. The fourth-order valence-electron chi connectivity index (χ4n) is 4.07. The molecule has 0 spiro atoms. The number of halogens is 1. The number of carbonyl (C=O) groups excluding carboxylic acids is 1. The van der Waals surface area contributed by atoms with Gasteiger partial charge in [0.05, 0.1) is 17.0 Å². The summed E-state index contributed by atoms with van der Waals surface area (Å²) in [6.45, 7) is 3.76. The van der Waals surface area contributed by atoms with Gasteiger partial charge in [-0.2, -0.15) is 0 Å². The molecule has 4 N–H and O–H groups in total. The van der Waals surface area contributed by atoms with Gasteiger partial charge in [-0.3, -0.25) is 9.20 Å². The lowest BCUT2D eigenvalue weighted by molar-refractivity contribution is 0.100. The van der Waals surface area contributed by atoms with Gasteiger partial charge in [0.25, 0.3) is 5.91 Å².